The molecule has 0 bridgehead atoms. The third kappa shape index (κ3) is 10.6. The summed E-state index contributed by atoms with van der Waals surface area (Å²) in [4.78, 5) is 14.9. The van der Waals surface area contributed by atoms with Crippen LogP contribution in [0, 0.1) is 0 Å². The van der Waals surface area contributed by atoms with E-state index in [4.69, 9.17) is 10.5 Å². The maximum atomic E-state index is 10.7. The lowest BCUT2D eigenvalue weighted by atomic mass is 10.2. The summed E-state index contributed by atoms with van der Waals surface area (Å²) in [7, 11) is 1.75. The van der Waals surface area contributed by atoms with Gasteiger partial charge in [-0.2, -0.15) is 11.8 Å². The molecule has 24 heavy (non-hydrogen) atoms. The zero-order valence-electron chi connectivity index (χ0n) is 14.2. The average Bonchev–Trinajstić information content (AvgIpc) is 2.56. The lowest BCUT2D eigenvalue weighted by molar-refractivity contribution is -0.119. The molecule has 4 N–H and O–H groups in total. The number of aliphatic imine (C=N–C) groups is 1. The number of nitrogens with two attached hydrogens (primary N) is 1. The fourth-order valence-electron chi connectivity index (χ4n) is 1.88. The van der Waals surface area contributed by atoms with Crippen molar-refractivity contribution >= 4 is 47.6 Å². The van der Waals surface area contributed by atoms with Crippen molar-refractivity contribution in [1.82, 2.24) is 10.6 Å². The number of hydrogen-bond donors (Lipinski definition) is 3. The molecule has 0 radical (unpaired) electrons. The van der Waals surface area contributed by atoms with Crippen LogP contribution in [0.3, 0.4) is 0 Å². The molecular formula is C16H27IN4O2S. The second-order valence-electron chi connectivity index (χ2n) is 4.95. The molecule has 0 unspecified atom stereocenters. The Labute approximate surface area is 165 Å². The average molecular weight is 466 g/mol. The van der Waals surface area contributed by atoms with Gasteiger partial charge in [-0.15, -0.1) is 24.0 Å². The summed E-state index contributed by atoms with van der Waals surface area (Å²) >= 11 is 1.87. The minimum Gasteiger partial charge on any atom is -0.484 e. The van der Waals surface area contributed by atoms with E-state index in [1.807, 2.05) is 30.0 Å². The molecule has 1 amide bonds. The van der Waals surface area contributed by atoms with Gasteiger partial charge in [0.2, 0.25) is 0 Å². The van der Waals surface area contributed by atoms with Crippen LogP contribution in [0.2, 0.25) is 0 Å². The normalized spacial score (nSPS) is 10.7. The SMILES string of the molecule is CN=C(NCCCCSC)NCc1cccc(OCC(N)=O)c1.I. The Morgan fingerprint density at radius 3 is 2.79 bits per heavy atom. The molecule has 0 aliphatic carbocycles. The molecule has 6 nitrogen and oxygen atoms in total. The number of carbonyl (C=O) groups excluding carboxylic acids is 1. The molecule has 1 aromatic rings. The predicted octanol–water partition coefficient (Wildman–Crippen LogP) is 1.98. The van der Waals surface area contributed by atoms with Crippen LogP contribution in [0.4, 0.5) is 0 Å². The molecule has 1 rings (SSSR count). The topological polar surface area (TPSA) is 88.7 Å². The van der Waals surface area contributed by atoms with Crippen molar-refractivity contribution in [3.8, 4) is 5.75 Å². The number of nitrogens with zero attached hydrogens (tertiary/aromatic N) is 1. The van der Waals surface area contributed by atoms with E-state index in [-0.39, 0.29) is 30.6 Å². The first-order valence-corrected chi connectivity index (χ1v) is 8.98. The van der Waals surface area contributed by atoms with Gasteiger partial charge in [-0.3, -0.25) is 9.79 Å². The van der Waals surface area contributed by atoms with E-state index >= 15 is 0 Å². The highest BCUT2D eigenvalue weighted by molar-refractivity contribution is 14.0. The number of thioether (sulfide) groups is 1. The maximum Gasteiger partial charge on any atom is 0.255 e. The molecular weight excluding hydrogens is 439 g/mol. The Bertz CT molecular complexity index is 515. The van der Waals surface area contributed by atoms with Crippen molar-refractivity contribution in [2.75, 3.05) is 32.2 Å². The number of halogens is 1. The van der Waals surface area contributed by atoms with Crippen LogP contribution in [0.15, 0.2) is 29.3 Å². The van der Waals surface area contributed by atoms with E-state index in [1.54, 1.807) is 13.1 Å². The van der Waals surface area contributed by atoms with Gasteiger partial charge in [-0.1, -0.05) is 12.1 Å². The third-order valence-corrected chi connectivity index (χ3v) is 3.73. The number of carbonyl (C=O) groups is 1. The molecule has 0 fully saturated rings. The number of benzene rings is 1. The van der Waals surface area contributed by atoms with E-state index in [2.05, 4.69) is 21.9 Å². The van der Waals surface area contributed by atoms with E-state index < -0.39 is 5.91 Å². The molecule has 0 saturated heterocycles. The third-order valence-electron chi connectivity index (χ3n) is 3.03. The zero-order valence-corrected chi connectivity index (χ0v) is 17.4. The molecule has 0 aromatic heterocycles. The standard InChI is InChI=1S/C16H26N4O2S.HI/c1-18-16(19-8-3-4-9-23-2)20-11-13-6-5-7-14(10-13)22-12-15(17)21;/h5-7,10H,3-4,8-9,11-12H2,1-2H3,(H2,17,21)(H2,18,19,20);1H. The van der Waals surface area contributed by atoms with Crippen LogP contribution in [-0.4, -0.2) is 44.1 Å². The maximum absolute atomic E-state index is 10.7. The number of unbranched alkanes of at least 4 members (excludes halogenated alkanes) is 1. The molecule has 0 aliphatic heterocycles. The fourth-order valence-corrected chi connectivity index (χ4v) is 2.38. The molecule has 0 heterocycles. The summed E-state index contributed by atoms with van der Waals surface area (Å²) in [5.74, 6) is 2.10. The van der Waals surface area contributed by atoms with Crippen LogP contribution in [0.25, 0.3) is 0 Å². The highest BCUT2D eigenvalue weighted by Gasteiger charge is 2.01. The second kappa shape index (κ2) is 14.2. The number of rotatable bonds is 10. The molecule has 0 spiro atoms. The minimum atomic E-state index is -0.486. The van der Waals surface area contributed by atoms with E-state index in [9.17, 15) is 4.79 Å². The van der Waals surface area contributed by atoms with E-state index in [1.165, 1.54) is 12.2 Å². The Hall–Kier alpha value is -1.16. The number of ether oxygens (including phenoxy) is 1. The Kier molecular flexibility index (Phi) is 13.5. The van der Waals surface area contributed by atoms with E-state index in [0.717, 1.165) is 24.5 Å². The zero-order chi connectivity index (χ0) is 16.9. The summed E-state index contributed by atoms with van der Waals surface area (Å²) < 4.78 is 5.29. The van der Waals surface area contributed by atoms with Gasteiger partial charge < -0.3 is 21.1 Å². The van der Waals surface area contributed by atoms with Crippen LogP contribution in [0.1, 0.15) is 18.4 Å². The summed E-state index contributed by atoms with van der Waals surface area (Å²) in [6, 6.07) is 7.54. The first-order chi connectivity index (χ1) is 11.2. The number of guanidine groups is 1. The van der Waals surface area contributed by atoms with E-state index in [0.29, 0.717) is 12.3 Å². The van der Waals surface area contributed by atoms with Gasteiger partial charge in [-0.05, 0) is 42.5 Å². The Balaban J connectivity index is 0.00000529. The van der Waals surface area contributed by atoms with Crippen LogP contribution >= 0.6 is 35.7 Å². The quantitative estimate of drug-likeness (QED) is 0.213. The highest BCUT2D eigenvalue weighted by atomic mass is 127. The molecule has 0 saturated carbocycles. The predicted molar refractivity (Wildman–Crippen MR) is 112 cm³/mol. The summed E-state index contributed by atoms with van der Waals surface area (Å²) in [5, 5.41) is 6.55. The number of nitrogens with one attached hydrogen (secondary N) is 2. The fraction of sp³-hybridized carbons (Fsp3) is 0.500. The smallest absolute Gasteiger partial charge is 0.255 e. The van der Waals surface area contributed by atoms with Gasteiger partial charge in [-0.25, -0.2) is 0 Å². The van der Waals surface area contributed by atoms with Gasteiger partial charge in [0.1, 0.15) is 5.75 Å². The largest absolute Gasteiger partial charge is 0.484 e. The van der Waals surface area contributed by atoms with Gasteiger partial charge in [0.25, 0.3) is 5.91 Å². The van der Waals surface area contributed by atoms with Crippen molar-refractivity contribution in [3.05, 3.63) is 29.8 Å². The molecule has 0 aliphatic rings. The van der Waals surface area contributed by atoms with Crippen molar-refractivity contribution in [2.24, 2.45) is 10.7 Å². The van der Waals surface area contributed by atoms with Gasteiger partial charge >= 0.3 is 0 Å². The number of hydrogen-bond acceptors (Lipinski definition) is 4. The molecule has 0 atom stereocenters. The highest BCUT2D eigenvalue weighted by Crippen LogP contribution is 2.13. The summed E-state index contributed by atoms with van der Waals surface area (Å²) in [6.45, 7) is 1.41. The van der Waals surface area contributed by atoms with Crippen LogP contribution < -0.4 is 21.1 Å². The molecule has 136 valence electrons. The first kappa shape index (κ1) is 22.8. The van der Waals surface area contributed by atoms with Crippen molar-refractivity contribution in [2.45, 2.75) is 19.4 Å². The molecule has 8 heteroatoms. The first-order valence-electron chi connectivity index (χ1n) is 7.59. The van der Waals surface area contributed by atoms with Gasteiger partial charge in [0.05, 0.1) is 0 Å². The number of amides is 1. The summed E-state index contributed by atoms with van der Waals surface area (Å²) in [5.41, 5.74) is 6.11. The monoisotopic (exact) mass is 466 g/mol. The second-order valence-corrected chi connectivity index (χ2v) is 5.94. The summed E-state index contributed by atoms with van der Waals surface area (Å²) in [6.07, 6.45) is 4.44. The lowest BCUT2D eigenvalue weighted by Gasteiger charge is -2.12. The van der Waals surface area contributed by atoms with Crippen molar-refractivity contribution < 1.29 is 9.53 Å². The Morgan fingerprint density at radius 2 is 2.12 bits per heavy atom. The molecule has 1 aromatic carbocycles. The van der Waals surface area contributed by atoms with Crippen molar-refractivity contribution in [1.29, 1.82) is 0 Å². The van der Waals surface area contributed by atoms with Crippen LogP contribution in [0.5, 0.6) is 5.75 Å². The van der Waals surface area contributed by atoms with Gasteiger partial charge in [0.15, 0.2) is 12.6 Å². The minimum absolute atomic E-state index is 0. The Morgan fingerprint density at radius 1 is 1.33 bits per heavy atom. The van der Waals surface area contributed by atoms with Crippen LogP contribution in [-0.2, 0) is 11.3 Å². The number of primary amides is 1. The van der Waals surface area contributed by atoms with Crippen molar-refractivity contribution in [3.63, 3.8) is 0 Å². The lowest BCUT2D eigenvalue weighted by Crippen LogP contribution is -2.37. The van der Waals surface area contributed by atoms with Gasteiger partial charge in [0, 0.05) is 20.1 Å².